The molecule has 0 bridgehead atoms. The summed E-state index contributed by atoms with van der Waals surface area (Å²) in [5.41, 5.74) is -0.0304. The quantitative estimate of drug-likeness (QED) is 0.664. The summed E-state index contributed by atoms with van der Waals surface area (Å²) >= 11 is 3.43. The molecule has 5 saturated carbocycles. The number of halogens is 1. The zero-order chi connectivity index (χ0) is 17.6. The number of hydrogen-bond acceptors (Lipinski definition) is 2. The summed E-state index contributed by atoms with van der Waals surface area (Å²) in [4.78, 5) is 12.5. The first-order valence-electron chi connectivity index (χ1n) is 10.7. The molecular weight excluding hydrogens is 376 g/mol. The number of ketones is 1. The van der Waals surface area contributed by atoms with Gasteiger partial charge in [-0.1, -0.05) is 29.8 Å². The molecule has 5 aliphatic carbocycles. The van der Waals surface area contributed by atoms with Crippen LogP contribution in [0.3, 0.4) is 0 Å². The second-order valence-electron chi connectivity index (χ2n) is 10.6. The third-order valence-electron chi connectivity index (χ3n) is 9.97. The molecule has 5 rings (SSSR count). The molecule has 0 spiro atoms. The van der Waals surface area contributed by atoms with Crippen molar-refractivity contribution in [3.05, 3.63) is 0 Å². The van der Waals surface area contributed by atoms with E-state index < -0.39 is 0 Å². The highest BCUT2D eigenvalue weighted by molar-refractivity contribution is 9.09. The van der Waals surface area contributed by atoms with Crippen LogP contribution in [0.1, 0.15) is 65.2 Å². The van der Waals surface area contributed by atoms with E-state index in [1.807, 2.05) is 0 Å². The van der Waals surface area contributed by atoms with Crippen molar-refractivity contribution in [1.82, 2.24) is 0 Å². The molecule has 5 fully saturated rings. The fourth-order valence-corrected chi connectivity index (χ4v) is 9.04. The molecule has 140 valence electrons. The predicted molar refractivity (Wildman–Crippen MR) is 102 cm³/mol. The van der Waals surface area contributed by atoms with Gasteiger partial charge in [-0.2, -0.15) is 0 Å². The standard InChI is InChI=1S/C22H33BrO2/c1-12-9-16-13-7-8-21(2)17(5-6-18(21)20(24)11-23)14(13)3-4-15(16)19-10-22(12,19)25/h12-19,25H,3-11H2,1-2H3/t12-,13+,14-,15-,16-,17+,18-,19?,21+,22-/m1/s1. The number of carbonyl (C=O) groups excluding carboxylic acids is 1. The average molecular weight is 409 g/mol. The van der Waals surface area contributed by atoms with Gasteiger partial charge in [-0.15, -0.1) is 0 Å². The highest BCUT2D eigenvalue weighted by atomic mass is 79.9. The number of Topliss-reactive ketones (excluding diaryl/α,β-unsaturated/α-hetero) is 1. The van der Waals surface area contributed by atoms with Gasteiger partial charge in [0.25, 0.3) is 0 Å². The van der Waals surface area contributed by atoms with Gasteiger partial charge in [0.1, 0.15) is 5.78 Å². The van der Waals surface area contributed by atoms with E-state index in [-0.39, 0.29) is 11.0 Å². The molecule has 5 aliphatic rings. The molecule has 3 heteroatoms. The number of aliphatic hydroxyl groups is 1. The Kier molecular flexibility index (Phi) is 3.83. The SMILES string of the molecule is C[C@@H]1C[C@@H]2[C@H]3CC[C@]4(C)[C@@H](C(=O)CBr)CC[C@H]4[C@@H]3CC[C@H]2C2C[C@]21O. The Morgan fingerprint density at radius 3 is 2.48 bits per heavy atom. The largest absolute Gasteiger partial charge is 0.389 e. The third kappa shape index (κ3) is 2.21. The molecule has 10 atom stereocenters. The normalized spacial score (nSPS) is 59.4. The lowest BCUT2D eigenvalue weighted by molar-refractivity contribution is -0.129. The van der Waals surface area contributed by atoms with Crippen molar-refractivity contribution in [2.45, 2.75) is 70.8 Å². The summed E-state index contributed by atoms with van der Waals surface area (Å²) in [6.45, 7) is 4.74. The van der Waals surface area contributed by atoms with Crippen LogP contribution in [0.15, 0.2) is 0 Å². The average Bonchev–Trinajstić information content (AvgIpc) is 3.18. The van der Waals surface area contributed by atoms with E-state index in [1.54, 1.807) is 0 Å². The van der Waals surface area contributed by atoms with Gasteiger partial charge in [-0.25, -0.2) is 0 Å². The summed E-state index contributed by atoms with van der Waals surface area (Å²) in [5, 5.41) is 11.4. The van der Waals surface area contributed by atoms with E-state index in [9.17, 15) is 9.90 Å². The maximum atomic E-state index is 12.5. The van der Waals surface area contributed by atoms with E-state index in [0.717, 1.165) is 42.4 Å². The third-order valence-corrected chi connectivity index (χ3v) is 10.5. The van der Waals surface area contributed by atoms with Crippen LogP contribution in [0.5, 0.6) is 0 Å². The monoisotopic (exact) mass is 408 g/mol. The number of fused-ring (bicyclic) bond motifs is 7. The minimum Gasteiger partial charge on any atom is -0.389 e. The predicted octanol–water partition coefficient (Wildman–Crippen LogP) is 4.83. The Morgan fingerprint density at radius 2 is 1.76 bits per heavy atom. The van der Waals surface area contributed by atoms with Gasteiger partial charge in [0.2, 0.25) is 0 Å². The van der Waals surface area contributed by atoms with Crippen molar-refractivity contribution in [3.8, 4) is 0 Å². The molecule has 0 radical (unpaired) electrons. The fourth-order valence-electron chi connectivity index (χ4n) is 8.65. The smallest absolute Gasteiger partial charge is 0.147 e. The molecule has 0 aromatic rings. The molecule has 0 saturated heterocycles. The summed E-state index contributed by atoms with van der Waals surface area (Å²) in [7, 11) is 0. The van der Waals surface area contributed by atoms with Gasteiger partial charge in [-0.3, -0.25) is 4.79 Å². The molecule has 0 aromatic heterocycles. The zero-order valence-electron chi connectivity index (χ0n) is 15.7. The van der Waals surface area contributed by atoms with Crippen molar-refractivity contribution in [2.75, 3.05) is 5.33 Å². The summed E-state index contributed by atoms with van der Waals surface area (Å²) in [6, 6.07) is 0. The Balaban J connectivity index is 1.40. The Labute approximate surface area is 160 Å². The first-order chi connectivity index (χ1) is 11.9. The Morgan fingerprint density at radius 1 is 1.04 bits per heavy atom. The molecule has 1 N–H and O–H groups in total. The number of alkyl halides is 1. The van der Waals surface area contributed by atoms with Gasteiger partial charge in [0.15, 0.2) is 0 Å². The molecule has 2 nitrogen and oxygen atoms in total. The number of carbonyl (C=O) groups is 1. The number of hydrogen-bond donors (Lipinski definition) is 1. The van der Waals surface area contributed by atoms with Gasteiger partial charge in [0.05, 0.1) is 10.9 Å². The van der Waals surface area contributed by atoms with Crippen LogP contribution in [0, 0.1) is 52.8 Å². The molecule has 0 aliphatic heterocycles. The Hall–Kier alpha value is 0.110. The second kappa shape index (κ2) is 5.56. The summed E-state index contributed by atoms with van der Waals surface area (Å²) in [6.07, 6.45) is 10.0. The van der Waals surface area contributed by atoms with E-state index in [0.29, 0.717) is 28.9 Å². The van der Waals surface area contributed by atoms with E-state index >= 15 is 0 Å². The van der Waals surface area contributed by atoms with Crippen molar-refractivity contribution >= 4 is 21.7 Å². The van der Waals surface area contributed by atoms with Gasteiger partial charge in [-0.05, 0) is 98.2 Å². The highest BCUT2D eigenvalue weighted by Crippen LogP contribution is 2.69. The molecule has 0 heterocycles. The molecule has 25 heavy (non-hydrogen) atoms. The lowest BCUT2D eigenvalue weighted by atomic mass is 9.49. The van der Waals surface area contributed by atoms with Crippen LogP contribution in [0.25, 0.3) is 0 Å². The highest BCUT2D eigenvalue weighted by Gasteiger charge is 2.67. The van der Waals surface area contributed by atoms with Crippen LogP contribution in [-0.4, -0.2) is 21.8 Å². The molecular formula is C22H33BrO2. The maximum Gasteiger partial charge on any atom is 0.147 e. The lowest BCUT2D eigenvalue weighted by Crippen LogP contribution is -2.51. The molecule has 1 unspecified atom stereocenters. The van der Waals surface area contributed by atoms with E-state index in [1.165, 1.54) is 38.5 Å². The summed E-state index contributed by atoms with van der Waals surface area (Å²) in [5.74, 6) is 6.02. The summed E-state index contributed by atoms with van der Waals surface area (Å²) < 4.78 is 0. The Bertz CT molecular complexity index is 591. The number of rotatable bonds is 2. The van der Waals surface area contributed by atoms with Crippen molar-refractivity contribution in [1.29, 1.82) is 0 Å². The minimum absolute atomic E-state index is 0.263. The molecule has 0 aromatic carbocycles. The zero-order valence-corrected chi connectivity index (χ0v) is 17.3. The van der Waals surface area contributed by atoms with Crippen molar-refractivity contribution in [3.63, 3.8) is 0 Å². The van der Waals surface area contributed by atoms with Gasteiger partial charge < -0.3 is 5.11 Å². The van der Waals surface area contributed by atoms with E-state index in [2.05, 4.69) is 29.8 Å². The van der Waals surface area contributed by atoms with Crippen molar-refractivity contribution < 1.29 is 9.90 Å². The van der Waals surface area contributed by atoms with Crippen LogP contribution in [-0.2, 0) is 4.79 Å². The topological polar surface area (TPSA) is 37.3 Å². The van der Waals surface area contributed by atoms with Crippen LogP contribution >= 0.6 is 15.9 Å². The first kappa shape index (κ1) is 17.2. The fraction of sp³-hybridized carbons (Fsp3) is 0.955. The van der Waals surface area contributed by atoms with Crippen LogP contribution in [0.4, 0.5) is 0 Å². The minimum atomic E-state index is -0.294. The second-order valence-corrected chi connectivity index (χ2v) is 11.1. The van der Waals surface area contributed by atoms with Crippen LogP contribution < -0.4 is 0 Å². The van der Waals surface area contributed by atoms with Crippen LogP contribution in [0.2, 0.25) is 0 Å². The molecule has 0 amide bonds. The van der Waals surface area contributed by atoms with Gasteiger partial charge in [0, 0.05) is 5.92 Å². The lowest BCUT2D eigenvalue weighted by Gasteiger charge is -2.56. The van der Waals surface area contributed by atoms with Crippen molar-refractivity contribution in [2.24, 2.45) is 52.8 Å². The first-order valence-corrected chi connectivity index (χ1v) is 11.8. The van der Waals surface area contributed by atoms with E-state index in [4.69, 9.17) is 0 Å². The van der Waals surface area contributed by atoms with Gasteiger partial charge >= 0.3 is 0 Å². The maximum absolute atomic E-state index is 12.5.